The lowest BCUT2D eigenvalue weighted by Gasteiger charge is -2.03. The summed E-state index contributed by atoms with van der Waals surface area (Å²) in [6.45, 7) is 4.01. The molecule has 0 radical (unpaired) electrons. The van der Waals surface area contributed by atoms with Crippen LogP contribution in [0.25, 0.3) is 0 Å². The summed E-state index contributed by atoms with van der Waals surface area (Å²) >= 11 is 3.46. The van der Waals surface area contributed by atoms with Gasteiger partial charge < -0.3 is 14.5 Å². The van der Waals surface area contributed by atoms with Crippen LogP contribution in [0.15, 0.2) is 39.2 Å². The Hall–Kier alpha value is -1.10. The van der Waals surface area contributed by atoms with Crippen molar-refractivity contribution in [2.75, 3.05) is 0 Å². The minimum Gasteiger partial charge on any atom is -0.464 e. The molecule has 3 rings (SSSR count). The first-order chi connectivity index (χ1) is 10.2. The van der Waals surface area contributed by atoms with Crippen LogP contribution >= 0.6 is 15.9 Å². The molecule has 1 aromatic heterocycles. The molecule has 21 heavy (non-hydrogen) atoms. The number of furan rings is 1. The van der Waals surface area contributed by atoms with Gasteiger partial charge in [0.25, 0.3) is 0 Å². The Morgan fingerprint density at radius 1 is 1.29 bits per heavy atom. The number of rotatable bonds is 7. The summed E-state index contributed by atoms with van der Waals surface area (Å²) in [5, 5.41) is 3.51. The maximum atomic E-state index is 5.75. The highest BCUT2D eigenvalue weighted by Gasteiger charge is 2.20. The van der Waals surface area contributed by atoms with Crippen LogP contribution in [0.5, 0.6) is 0 Å². The van der Waals surface area contributed by atoms with Gasteiger partial charge in [-0.1, -0.05) is 28.1 Å². The zero-order valence-corrected chi connectivity index (χ0v) is 13.8. The normalized spacial score (nSPS) is 14.6. The molecular weight excluding hydrogens is 330 g/mol. The molecule has 1 saturated carbocycles. The van der Waals surface area contributed by atoms with Gasteiger partial charge in [0.2, 0.25) is 0 Å². The van der Waals surface area contributed by atoms with Gasteiger partial charge in [-0.15, -0.1) is 0 Å². The van der Waals surface area contributed by atoms with Crippen LogP contribution in [0.2, 0.25) is 0 Å². The van der Waals surface area contributed by atoms with Gasteiger partial charge in [-0.3, -0.25) is 0 Å². The van der Waals surface area contributed by atoms with Gasteiger partial charge in [0.1, 0.15) is 18.1 Å². The van der Waals surface area contributed by atoms with Crippen molar-refractivity contribution in [3.05, 3.63) is 57.5 Å². The summed E-state index contributed by atoms with van der Waals surface area (Å²) in [6, 6.07) is 11.0. The Bertz CT molecular complexity index is 605. The molecule has 0 saturated heterocycles. The van der Waals surface area contributed by atoms with Crippen molar-refractivity contribution >= 4 is 15.9 Å². The quantitative estimate of drug-likeness (QED) is 0.808. The largest absolute Gasteiger partial charge is 0.464 e. The molecule has 0 atom stereocenters. The fourth-order valence-electron chi connectivity index (χ4n) is 2.27. The van der Waals surface area contributed by atoms with Gasteiger partial charge in [0, 0.05) is 22.6 Å². The Morgan fingerprint density at radius 3 is 2.90 bits per heavy atom. The predicted octanol–water partition coefficient (Wildman–Crippen LogP) is 4.32. The number of ether oxygens (including phenoxy) is 1. The molecule has 0 aliphatic heterocycles. The van der Waals surface area contributed by atoms with E-state index in [2.05, 4.69) is 39.4 Å². The van der Waals surface area contributed by atoms with Crippen LogP contribution in [0.1, 0.15) is 35.5 Å². The van der Waals surface area contributed by atoms with Crippen LogP contribution in [0.4, 0.5) is 0 Å². The SMILES string of the molecule is Cc1oc(COCc2cccc(Br)c2)cc1CNC1CC1. The summed E-state index contributed by atoms with van der Waals surface area (Å²) in [5.41, 5.74) is 2.39. The van der Waals surface area contributed by atoms with Crippen molar-refractivity contribution in [2.24, 2.45) is 0 Å². The van der Waals surface area contributed by atoms with E-state index < -0.39 is 0 Å². The summed E-state index contributed by atoms with van der Waals surface area (Å²) in [7, 11) is 0. The van der Waals surface area contributed by atoms with Crippen molar-refractivity contribution in [1.29, 1.82) is 0 Å². The van der Waals surface area contributed by atoms with Gasteiger partial charge in [0.15, 0.2) is 0 Å². The van der Waals surface area contributed by atoms with E-state index in [1.807, 2.05) is 19.1 Å². The number of aryl methyl sites for hydroxylation is 1. The lowest BCUT2D eigenvalue weighted by atomic mass is 10.2. The number of hydrogen-bond acceptors (Lipinski definition) is 3. The van der Waals surface area contributed by atoms with Gasteiger partial charge in [-0.05, 0) is 43.5 Å². The molecule has 3 nitrogen and oxygen atoms in total. The Morgan fingerprint density at radius 2 is 2.14 bits per heavy atom. The van der Waals surface area contributed by atoms with E-state index in [-0.39, 0.29) is 0 Å². The fourth-order valence-corrected chi connectivity index (χ4v) is 2.72. The Balaban J connectivity index is 1.49. The highest BCUT2D eigenvalue weighted by Crippen LogP contribution is 2.21. The molecule has 112 valence electrons. The average molecular weight is 350 g/mol. The van der Waals surface area contributed by atoms with Gasteiger partial charge in [-0.25, -0.2) is 0 Å². The van der Waals surface area contributed by atoms with E-state index in [0.29, 0.717) is 13.2 Å². The molecule has 0 unspecified atom stereocenters. The number of benzene rings is 1. The maximum Gasteiger partial charge on any atom is 0.130 e. The molecule has 0 bridgehead atoms. The third-order valence-electron chi connectivity index (χ3n) is 3.63. The molecule has 1 aliphatic carbocycles. The van der Waals surface area contributed by atoms with Crippen LogP contribution in [0.3, 0.4) is 0 Å². The molecule has 0 spiro atoms. The summed E-state index contributed by atoms with van der Waals surface area (Å²) < 4.78 is 12.6. The summed E-state index contributed by atoms with van der Waals surface area (Å²) in [4.78, 5) is 0. The first-order valence-corrected chi connectivity index (χ1v) is 8.14. The smallest absolute Gasteiger partial charge is 0.130 e. The van der Waals surface area contributed by atoms with Crippen LogP contribution in [-0.4, -0.2) is 6.04 Å². The van der Waals surface area contributed by atoms with E-state index in [1.54, 1.807) is 0 Å². The molecule has 1 fully saturated rings. The first kappa shape index (κ1) is 14.8. The van der Waals surface area contributed by atoms with E-state index in [0.717, 1.165) is 34.1 Å². The molecule has 2 aromatic rings. The number of nitrogens with one attached hydrogen (secondary N) is 1. The Kier molecular flexibility index (Phi) is 4.78. The molecule has 1 aliphatic rings. The second kappa shape index (κ2) is 6.77. The topological polar surface area (TPSA) is 34.4 Å². The van der Waals surface area contributed by atoms with Crippen LogP contribution in [-0.2, 0) is 24.5 Å². The minimum absolute atomic E-state index is 0.511. The van der Waals surface area contributed by atoms with Crippen molar-refractivity contribution in [3.8, 4) is 0 Å². The van der Waals surface area contributed by atoms with E-state index in [1.165, 1.54) is 18.4 Å². The van der Waals surface area contributed by atoms with E-state index >= 15 is 0 Å². The molecule has 1 N–H and O–H groups in total. The van der Waals surface area contributed by atoms with Crippen molar-refractivity contribution in [3.63, 3.8) is 0 Å². The van der Waals surface area contributed by atoms with Gasteiger partial charge in [-0.2, -0.15) is 0 Å². The lowest BCUT2D eigenvalue weighted by molar-refractivity contribution is 0.0923. The highest BCUT2D eigenvalue weighted by molar-refractivity contribution is 9.10. The second-order valence-corrected chi connectivity index (χ2v) is 6.49. The standard InChI is InChI=1S/C17H20BrNO2/c1-12-14(9-19-16-5-6-16)8-17(21-12)11-20-10-13-3-2-4-15(18)7-13/h2-4,7-8,16,19H,5-6,9-11H2,1H3. The van der Waals surface area contributed by atoms with E-state index in [9.17, 15) is 0 Å². The maximum absolute atomic E-state index is 5.75. The van der Waals surface area contributed by atoms with Crippen LogP contribution < -0.4 is 5.32 Å². The van der Waals surface area contributed by atoms with Crippen LogP contribution in [0, 0.1) is 6.92 Å². The van der Waals surface area contributed by atoms with Crippen molar-refractivity contribution in [1.82, 2.24) is 5.32 Å². The molecule has 0 amide bonds. The molecule has 4 heteroatoms. The first-order valence-electron chi connectivity index (χ1n) is 7.34. The molecular formula is C17H20BrNO2. The number of hydrogen-bond donors (Lipinski definition) is 1. The lowest BCUT2D eigenvalue weighted by Crippen LogP contribution is -2.15. The van der Waals surface area contributed by atoms with Gasteiger partial charge in [0.05, 0.1) is 6.61 Å². The number of halogens is 1. The zero-order valence-electron chi connectivity index (χ0n) is 12.2. The third kappa shape index (κ3) is 4.43. The highest BCUT2D eigenvalue weighted by atomic mass is 79.9. The van der Waals surface area contributed by atoms with Crippen molar-refractivity contribution in [2.45, 2.75) is 45.6 Å². The minimum atomic E-state index is 0.511. The monoisotopic (exact) mass is 349 g/mol. The average Bonchev–Trinajstić information content (AvgIpc) is 3.21. The summed E-state index contributed by atoms with van der Waals surface area (Å²) in [6.07, 6.45) is 2.61. The molecule has 1 heterocycles. The third-order valence-corrected chi connectivity index (χ3v) is 4.13. The summed E-state index contributed by atoms with van der Waals surface area (Å²) in [5.74, 6) is 1.89. The fraction of sp³-hybridized carbons (Fsp3) is 0.412. The molecule has 1 aromatic carbocycles. The van der Waals surface area contributed by atoms with Crippen molar-refractivity contribution < 1.29 is 9.15 Å². The zero-order chi connectivity index (χ0) is 14.7. The second-order valence-electron chi connectivity index (χ2n) is 5.57. The van der Waals surface area contributed by atoms with Gasteiger partial charge >= 0.3 is 0 Å². The predicted molar refractivity (Wildman–Crippen MR) is 85.9 cm³/mol. The van der Waals surface area contributed by atoms with E-state index in [4.69, 9.17) is 9.15 Å². The Labute approximate surface area is 133 Å².